The topological polar surface area (TPSA) is 148 Å². The van der Waals surface area contributed by atoms with E-state index < -0.39 is 147 Å². The number of hydrogen-bond donors (Lipinski definition) is 0. The Morgan fingerprint density at radius 1 is 0.409 bits per heavy atom. The van der Waals surface area contributed by atoms with Gasteiger partial charge in [0.1, 0.15) is 62.1 Å². The van der Waals surface area contributed by atoms with Crippen LogP contribution in [0.3, 0.4) is 0 Å². The quantitative estimate of drug-likeness (QED) is 0.0476. The van der Waals surface area contributed by atoms with Crippen LogP contribution < -0.4 is 0 Å². The molecule has 0 N–H and O–H groups in total. The number of nitrogens with zero attached hydrogens (tertiary/aromatic N) is 3. The van der Waals surface area contributed by atoms with E-state index in [0.29, 0.717) is 46.6 Å². The fourth-order valence-corrected chi connectivity index (χ4v) is 11.7. The van der Waals surface area contributed by atoms with Gasteiger partial charge in [-0.2, -0.15) is 40.4 Å². The lowest BCUT2D eigenvalue weighted by atomic mass is 10.0. The molecule has 1 heterocycles. The van der Waals surface area contributed by atoms with Crippen molar-refractivity contribution >= 4 is 47.3 Å². The van der Waals surface area contributed by atoms with Crippen molar-refractivity contribution in [1.82, 2.24) is 4.98 Å². The molecule has 0 amide bonds. The van der Waals surface area contributed by atoms with Gasteiger partial charge in [0.2, 0.25) is 11.6 Å². The van der Waals surface area contributed by atoms with E-state index in [4.69, 9.17) is 5.26 Å². The minimum Gasteiger partial charge on any atom is -0.265 e. The smallest absolute Gasteiger partial charge is 0.265 e. The minimum atomic E-state index is -10.3. The van der Waals surface area contributed by atoms with Crippen LogP contribution in [0.5, 0.6) is 0 Å². The lowest BCUT2D eigenvalue weighted by molar-refractivity contribution is -0.390. The number of thioether (sulfide) groups is 1. The van der Waals surface area contributed by atoms with Gasteiger partial charge < -0.3 is 0 Å². The summed E-state index contributed by atoms with van der Waals surface area (Å²) in [6.07, 6.45) is 4.44. The Morgan fingerprint density at radius 3 is 0.918 bits per heavy atom. The van der Waals surface area contributed by atoms with Crippen LogP contribution in [-0.4, -0.2) is 44.0 Å². The summed E-state index contributed by atoms with van der Waals surface area (Å²) in [5.41, 5.74) is -5.84. The first-order valence-corrected chi connectivity index (χ1v) is 38.7. The molecule has 0 spiro atoms. The monoisotopic (exact) mass is 1670 g/mol. The summed E-state index contributed by atoms with van der Waals surface area (Å²) in [5.74, 6) is -14.3. The number of hydrogen-bond acceptors (Lipinski definition) is 9. The molecule has 0 unspecified atom stereocenters. The van der Waals surface area contributed by atoms with Crippen molar-refractivity contribution in [3.05, 3.63) is 258 Å². The third kappa shape index (κ3) is 32.2. The van der Waals surface area contributed by atoms with E-state index in [1.54, 1.807) is 55.4 Å². The molecule has 8 aromatic rings. The SMILES string of the molecule is CC(C)c1cc(F)c(S(=O)(=O)C(F)(F)F)c(F)c1.CC(C)c1cc(F)c(S(C)(=O)=O)c(F)c1.CC(C)c1cc(F)c(S(F)(F)(F)(F)F)c(F)c1.CC(C)c1cc(F)c(SC(F)(F)F)c(F)c1.CC(C)c1cc(F)c([N+](=O)[O-])c(F)c1.CC(C)c1ccc(C#N)cc1.CC(C)c1ccc(F)cc1.CC(C)c1ccncc1. The van der Waals surface area contributed by atoms with Crippen LogP contribution in [0.4, 0.5) is 99.8 Å². The number of nitro groups is 1. The molecule has 9 nitrogen and oxygen atoms in total. The second-order valence-corrected chi connectivity index (χ2v) is 33.6. The molecule has 0 aliphatic carbocycles. The van der Waals surface area contributed by atoms with Crippen LogP contribution >= 0.6 is 22.0 Å². The molecule has 610 valence electrons. The van der Waals surface area contributed by atoms with Gasteiger partial charge in [0.25, 0.3) is 9.84 Å². The Balaban J connectivity index is 0.000000634. The molecule has 0 aliphatic rings. The predicted octanol–water partition coefficient (Wildman–Crippen LogP) is 27.2. The number of benzene rings is 7. The molecule has 0 fully saturated rings. The zero-order valence-corrected chi connectivity index (χ0v) is 65.3. The molecule has 7 aromatic carbocycles. The molecule has 0 saturated heterocycles. The summed E-state index contributed by atoms with van der Waals surface area (Å²) < 4.78 is 323. The maximum absolute atomic E-state index is 13.4. The number of rotatable bonds is 13. The van der Waals surface area contributed by atoms with Crippen LogP contribution in [0.2, 0.25) is 0 Å². The molecule has 8 rings (SSSR count). The highest BCUT2D eigenvalue weighted by Crippen LogP contribution is 3.02. The summed E-state index contributed by atoms with van der Waals surface area (Å²) in [6.45, 7) is 29.3. The van der Waals surface area contributed by atoms with E-state index in [-0.39, 0.29) is 52.7 Å². The summed E-state index contributed by atoms with van der Waals surface area (Å²) in [7, 11) is -20.2. The van der Waals surface area contributed by atoms with Crippen molar-refractivity contribution < 1.29 is 116 Å². The van der Waals surface area contributed by atoms with Crippen LogP contribution in [0.25, 0.3) is 0 Å². The number of pyridine rings is 1. The van der Waals surface area contributed by atoms with Gasteiger partial charge in [0, 0.05) is 18.6 Å². The Kier molecular flexibility index (Phi) is 36.4. The zero-order chi connectivity index (χ0) is 85.7. The van der Waals surface area contributed by atoms with Gasteiger partial charge in [-0.15, -0.1) is 0 Å². The van der Waals surface area contributed by atoms with Crippen molar-refractivity contribution in [3.8, 4) is 6.07 Å². The van der Waals surface area contributed by atoms with Crippen molar-refractivity contribution in [1.29, 1.82) is 5.26 Å². The molecule has 0 atom stereocenters. The van der Waals surface area contributed by atoms with Crippen molar-refractivity contribution in [2.24, 2.45) is 0 Å². The Bertz CT molecular complexity index is 4540. The fraction of sp³-hybridized carbons (Fsp3) is 0.360. The number of nitro benzene ring substituents is 1. The fourth-order valence-electron chi connectivity index (χ4n) is 8.59. The molecular weight excluding hydrogens is 1590 g/mol. The molecule has 0 radical (unpaired) electrons. The lowest BCUT2D eigenvalue weighted by Gasteiger charge is -2.40. The van der Waals surface area contributed by atoms with E-state index in [1.807, 2.05) is 60.9 Å². The maximum Gasteiger partial charge on any atom is 0.502 e. The Labute approximate surface area is 629 Å². The first kappa shape index (κ1) is 99.6. The van der Waals surface area contributed by atoms with Crippen LogP contribution in [0, 0.1) is 85.4 Å². The van der Waals surface area contributed by atoms with Crippen molar-refractivity contribution in [3.63, 3.8) is 0 Å². The van der Waals surface area contributed by atoms with E-state index >= 15 is 0 Å². The van der Waals surface area contributed by atoms with Gasteiger partial charge >= 0.3 is 26.9 Å². The van der Waals surface area contributed by atoms with Crippen LogP contribution in [-0.2, 0) is 19.7 Å². The van der Waals surface area contributed by atoms with Crippen LogP contribution in [0.15, 0.2) is 153 Å². The first-order chi connectivity index (χ1) is 49.8. The van der Waals surface area contributed by atoms with Gasteiger partial charge in [0.05, 0.1) is 21.5 Å². The highest BCUT2D eigenvalue weighted by Gasteiger charge is 2.69. The Morgan fingerprint density at radius 2 is 0.673 bits per heavy atom. The third-order valence-corrected chi connectivity index (χ3v) is 19.5. The average molecular weight is 1670 g/mol. The summed E-state index contributed by atoms with van der Waals surface area (Å²) >= 11 is -0.776. The number of aromatic nitrogens is 1. The molecule has 35 heteroatoms. The standard InChI is InChI=1S/C10H9F5O2S.C10H9F5S.C10H12F2O2S.C10H11N.C9H9F7S.C9H9F2NO2.C9H11F.C8H11N/c1-5(2)6-3-7(11)9(8(12)4-6)18(16,17)10(13,14)15;1-5(2)6-3-7(11)9(8(12)4-6)16-10(13,14)15;1-6(2)7-4-8(11)10(9(12)5-7)15(3,13)14;1-8(2)10-5-3-9(7-11)4-6-10;1-5(2)6-3-7(10)9(8(11)4-6)17(12,13,14,15)16;1-5(2)6-3-7(10)9(12(13)14)8(11)4-6;1-7(2)8-3-5-9(10)6-4-8;1-7(2)8-3-5-9-6-4-8/h3-5H,1-2H3;3-5H,1-2H3;4-6H,1-3H3;3-6,8H,1-2H3;3-5H,1-2H3;3-5H,1-2H3;3-7H,1-2H3;3-7H,1-2H3. The molecular formula is C75H81F22N3O6S4. The molecule has 0 saturated carbocycles. The van der Waals surface area contributed by atoms with Gasteiger partial charge in [-0.3, -0.25) is 15.1 Å². The number of nitriles is 1. The Hall–Kier alpha value is -8.36. The molecule has 0 bridgehead atoms. The second kappa shape index (κ2) is 40.2. The lowest BCUT2D eigenvalue weighted by Crippen LogP contribution is -2.25. The number of sulfone groups is 2. The van der Waals surface area contributed by atoms with E-state index in [0.717, 1.165) is 48.2 Å². The zero-order valence-electron chi connectivity index (χ0n) is 62.1. The first-order valence-electron chi connectivity index (χ1n) is 32.6. The van der Waals surface area contributed by atoms with E-state index in [1.165, 1.54) is 42.7 Å². The van der Waals surface area contributed by atoms with Gasteiger partial charge in [-0.25, -0.2) is 56.3 Å². The summed E-state index contributed by atoms with van der Waals surface area (Å²) in [4.78, 5) is 6.23. The summed E-state index contributed by atoms with van der Waals surface area (Å²) in [5, 5.41) is 18.8. The third-order valence-electron chi connectivity index (χ3n) is 14.8. The van der Waals surface area contributed by atoms with Crippen molar-refractivity contribution in [2.75, 3.05) is 6.26 Å². The normalized spacial score (nSPS) is 12.3. The number of halogens is 22. The maximum atomic E-state index is 13.4. The number of alkyl halides is 6. The van der Waals surface area contributed by atoms with E-state index in [9.17, 15) is 121 Å². The summed E-state index contributed by atoms with van der Waals surface area (Å²) in [6, 6.07) is 28.2. The van der Waals surface area contributed by atoms with Crippen LogP contribution in [0.1, 0.15) is 208 Å². The highest BCUT2D eigenvalue weighted by atomic mass is 32.5. The largest absolute Gasteiger partial charge is 0.502 e. The van der Waals surface area contributed by atoms with E-state index in [2.05, 4.69) is 52.6 Å². The van der Waals surface area contributed by atoms with Gasteiger partial charge in [-0.1, -0.05) is 154 Å². The predicted molar refractivity (Wildman–Crippen MR) is 383 cm³/mol. The molecule has 1 aromatic heterocycles. The molecule has 0 aliphatic heterocycles. The van der Waals surface area contributed by atoms with Gasteiger partial charge in [-0.05, 0) is 201 Å². The second-order valence-electron chi connectivity index (χ2n) is 26.4. The average Bonchev–Trinajstić information content (AvgIpc) is 0.710. The molecule has 110 heavy (non-hydrogen) atoms. The van der Waals surface area contributed by atoms with Crippen molar-refractivity contribution in [2.45, 2.75) is 189 Å². The highest BCUT2D eigenvalue weighted by molar-refractivity contribution is 8.45. The van der Waals surface area contributed by atoms with Gasteiger partial charge in [0.15, 0.2) is 14.7 Å². The minimum absolute atomic E-state index is 0.0531.